The zero-order valence-corrected chi connectivity index (χ0v) is 14.5. The van der Waals surface area contributed by atoms with E-state index in [-0.39, 0.29) is 30.2 Å². The summed E-state index contributed by atoms with van der Waals surface area (Å²) in [4.78, 5) is 38.4. The molecule has 0 bridgehead atoms. The molecule has 0 aromatic heterocycles. The number of hydrogen-bond donors (Lipinski definition) is 1. The highest BCUT2D eigenvalue weighted by Crippen LogP contribution is 2.19. The highest BCUT2D eigenvalue weighted by atomic mass is 19.1. The van der Waals surface area contributed by atoms with Crippen molar-refractivity contribution in [3.63, 3.8) is 0 Å². The molecule has 2 amide bonds. The number of carbonyl (C=O) groups excluding carboxylic acids is 2. The zero-order chi connectivity index (χ0) is 18.6. The maximum atomic E-state index is 13.4. The van der Waals surface area contributed by atoms with Gasteiger partial charge in [-0.2, -0.15) is 0 Å². The molecule has 0 saturated carbocycles. The lowest BCUT2D eigenvalue weighted by Crippen LogP contribution is -2.43. The molecule has 1 atom stereocenters. The van der Waals surface area contributed by atoms with E-state index >= 15 is 0 Å². The summed E-state index contributed by atoms with van der Waals surface area (Å²) in [6, 6.07) is 4.10. The van der Waals surface area contributed by atoms with Gasteiger partial charge in [-0.05, 0) is 49.9 Å². The van der Waals surface area contributed by atoms with E-state index in [4.69, 9.17) is 5.11 Å². The molecule has 1 N–H and O–H groups in total. The number of rotatable bonds is 4. The molecule has 0 aliphatic carbocycles. The van der Waals surface area contributed by atoms with Gasteiger partial charge in [0, 0.05) is 31.6 Å². The maximum absolute atomic E-state index is 13.4. The Bertz CT molecular complexity index is 677. The number of likely N-dealkylation sites (tertiary alicyclic amines) is 1. The van der Waals surface area contributed by atoms with Crippen molar-refractivity contribution in [2.75, 3.05) is 19.6 Å². The van der Waals surface area contributed by atoms with Crippen LogP contribution in [-0.4, -0.2) is 58.4 Å². The van der Waals surface area contributed by atoms with Crippen molar-refractivity contribution in [2.45, 2.75) is 39.2 Å². The second-order valence-electron chi connectivity index (χ2n) is 6.38. The van der Waals surface area contributed by atoms with Gasteiger partial charge in [-0.1, -0.05) is 0 Å². The van der Waals surface area contributed by atoms with Gasteiger partial charge >= 0.3 is 5.97 Å². The van der Waals surface area contributed by atoms with Crippen molar-refractivity contribution in [3.8, 4) is 0 Å². The molecule has 1 heterocycles. The molecule has 1 aliphatic heterocycles. The van der Waals surface area contributed by atoms with Crippen LogP contribution in [0, 0.1) is 12.7 Å². The highest BCUT2D eigenvalue weighted by molar-refractivity contribution is 5.94. The lowest BCUT2D eigenvalue weighted by molar-refractivity contribution is -0.145. The number of aryl methyl sites for hydroxylation is 1. The molecule has 7 heteroatoms. The van der Waals surface area contributed by atoms with Crippen LogP contribution in [0.1, 0.15) is 42.1 Å². The van der Waals surface area contributed by atoms with Crippen LogP contribution in [0.25, 0.3) is 0 Å². The molecule has 136 valence electrons. The number of benzene rings is 1. The molecular weight excluding hydrogens is 327 g/mol. The largest absolute Gasteiger partial charge is 0.480 e. The summed E-state index contributed by atoms with van der Waals surface area (Å²) >= 11 is 0. The smallest absolute Gasteiger partial charge is 0.323 e. The van der Waals surface area contributed by atoms with Gasteiger partial charge in [0.15, 0.2) is 0 Å². The standard InChI is InChI=1S/C18H23FN2O4/c1-12-10-14(5-6-16(12)19)18(25)20-8-3-4-15(7-9-20)21(13(2)22)11-17(23)24/h5-6,10,15H,3-4,7-9,11H2,1-2H3,(H,23,24). The zero-order valence-electron chi connectivity index (χ0n) is 14.5. The van der Waals surface area contributed by atoms with Crippen LogP contribution in [0.3, 0.4) is 0 Å². The van der Waals surface area contributed by atoms with E-state index in [0.717, 1.165) is 0 Å². The fourth-order valence-corrected chi connectivity index (χ4v) is 3.20. The maximum Gasteiger partial charge on any atom is 0.323 e. The molecular formula is C18H23FN2O4. The number of carboxylic acid groups (broad SMARTS) is 1. The Kier molecular flexibility index (Phi) is 6.12. The van der Waals surface area contributed by atoms with Crippen LogP contribution in [0.2, 0.25) is 0 Å². The molecule has 1 aliphatic rings. The van der Waals surface area contributed by atoms with Crippen molar-refractivity contribution in [1.82, 2.24) is 9.80 Å². The number of hydrogen-bond acceptors (Lipinski definition) is 3. The van der Waals surface area contributed by atoms with E-state index in [1.807, 2.05) is 0 Å². The van der Waals surface area contributed by atoms with Gasteiger partial charge in [0.2, 0.25) is 5.91 Å². The second kappa shape index (κ2) is 8.09. The summed E-state index contributed by atoms with van der Waals surface area (Å²) < 4.78 is 13.4. The van der Waals surface area contributed by atoms with E-state index in [1.165, 1.54) is 30.0 Å². The summed E-state index contributed by atoms with van der Waals surface area (Å²) in [5, 5.41) is 8.98. The van der Waals surface area contributed by atoms with Gasteiger partial charge in [0.25, 0.3) is 5.91 Å². The predicted octanol–water partition coefficient (Wildman–Crippen LogP) is 2.06. The van der Waals surface area contributed by atoms with Crippen LogP contribution >= 0.6 is 0 Å². The normalized spacial score (nSPS) is 17.7. The lowest BCUT2D eigenvalue weighted by Gasteiger charge is -2.28. The average molecular weight is 350 g/mol. The van der Waals surface area contributed by atoms with Gasteiger partial charge in [-0.15, -0.1) is 0 Å². The first-order valence-corrected chi connectivity index (χ1v) is 8.34. The lowest BCUT2D eigenvalue weighted by atomic mass is 10.1. The Morgan fingerprint density at radius 1 is 1.28 bits per heavy atom. The number of amides is 2. The first-order chi connectivity index (χ1) is 11.8. The van der Waals surface area contributed by atoms with Gasteiger partial charge < -0.3 is 14.9 Å². The minimum atomic E-state index is -1.05. The van der Waals surface area contributed by atoms with Crippen molar-refractivity contribution >= 4 is 17.8 Å². The molecule has 1 aromatic carbocycles. The van der Waals surface area contributed by atoms with E-state index in [0.29, 0.717) is 43.5 Å². The van der Waals surface area contributed by atoms with Crippen LogP contribution in [-0.2, 0) is 9.59 Å². The third-order valence-electron chi connectivity index (χ3n) is 4.54. The Hall–Kier alpha value is -2.44. The number of nitrogens with zero attached hydrogens (tertiary/aromatic N) is 2. The first-order valence-electron chi connectivity index (χ1n) is 8.34. The summed E-state index contributed by atoms with van der Waals surface area (Å²) in [6.45, 7) is 3.61. The minimum absolute atomic E-state index is 0.170. The molecule has 0 spiro atoms. The Labute approximate surface area is 146 Å². The fraction of sp³-hybridized carbons (Fsp3) is 0.500. The highest BCUT2D eigenvalue weighted by Gasteiger charge is 2.28. The fourth-order valence-electron chi connectivity index (χ4n) is 3.20. The Morgan fingerprint density at radius 2 is 2.00 bits per heavy atom. The van der Waals surface area contributed by atoms with Crippen LogP contribution in [0.4, 0.5) is 4.39 Å². The van der Waals surface area contributed by atoms with Crippen molar-refractivity contribution in [2.24, 2.45) is 0 Å². The summed E-state index contributed by atoms with van der Waals surface area (Å²) in [7, 11) is 0. The van der Waals surface area contributed by atoms with Gasteiger partial charge in [-0.3, -0.25) is 14.4 Å². The van der Waals surface area contributed by atoms with Crippen molar-refractivity contribution in [1.29, 1.82) is 0 Å². The van der Waals surface area contributed by atoms with E-state index in [9.17, 15) is 18.8 Å². The molecule has 1 aromatic rings. The summed E-state index contributed by atoms with van der Waals surface area (Å²) in [6.07, 6.45) is 1.86. The number of aliphatic carboxylic acids is 1. The number of halogens is 1. The molecule has 1 unspecified atom stereocenters. The third kappa shape index (κ3) is 4.78. The molecule has 1 saturated heterocycles. The van der Waals surface area contributed by atoms with Gasteiger partial charge in [0.05, 0.1) is 0 Å². The second-order valence-corrected chi connectivity index (χ2v) is 6.38. The Morgan fingerprint density at radius 3 is 2.60 bits per heavy atom. The van der Waals surface area contributed by atoms with Crippen LogP contribution < -0.4 is 0 Å². The topological polar surface area (TPSA) is 77.9 Å². The Balaban J connectivity index is 2.07. The molecule has 0 radical (unpaired) electrons. The van der Waals surface area contributed by atoms with Crippen LogP contribution in [0.15, 0.2) is 18.2 Å². The molecule has 6 nitrogen and oxygen atoms in total. The summed E-state index contributed by atoms with van der Waals surface area (Å²) in [5.74, 6) is -1.84. The van der Waals surface area contributed by atoms with E-state index in [1.54, 1.807) is 11.8 Å². The minimum Gasteiger partial charge on any atom is -0.480 e. The quantitative estimate of drug-likeness (QED) is 0.902. The first kappa shape index (κ1) is 18.9. The van der Waals surface area contributed by atoms with E-state index < -0.39 is 5.97 Å². The predicted molar refractivity (Wildman–Crippen MR) is 89.7 cm³/mol. The third-order valence-corrected chi connectivity index (χ3v) is 4.54. The van der Waals surface area contributed by atoms with Crippen molar-refractivity contribution < 1.29 is 23.9 Å². The SMILES string of the molecule is CC(=O)N(CC(=O)O)C1CCCN(C(=O)c2ccc(F)c(C)c2)CC1. The molecule has 25 heavy (non-hydrogen) atoms. The molecule has 2 rings (SSSR count). The van der Waals surface area contributed by atoms with Crippen molar-refractivity contribution in [3.05, 3.63) is 35.1 Å². The van der Waals surface area contributed by atoms with Crippen LogP contribution in [0.5, 0.6) is 0 Å². The summed E-state index contributed by atoms with van der Waals surface area (Å²) in [5.41, 5.74) is 0.856. The van der Waals surface area contributed by atoms with Gasteiger partial charge in [-0.25, -0.2) is 4.39 Å². The number of carbonyl (C=O) groups is 3. The molecule has 1 fully saturated rings. The average Bonchev–Trinajstić information content (AvgIpc) is 2.80. The monoisotopic (exact) mass is 350 g/mol. The van der Waals surface area contributed by atoms with Gasteiger partial charge in [0.1, 0.15) is 12.4 Å². The number of carboxylic acids is 1. The van der Waals surface area contributed by atoms with E-state index in [2.05, 4.69) is 0 Å².